The molecule has 2 fully saturated rings. The van der Waals surface area contributed by atoms with E-state index in [1.807, 2.05) is 46.8 Å². The van der Waals surface area contributed by atoms with Crippen LogP contribution in [0.25, 0.3) is 21.8 Å². The molecule has 2 aliphatic rings. The minimum Gasteiger partial charge on any atom is -0.481 e. The topological polar surface area (TPSA) is 106 Å². The maximum atomic E-state index is 13.9. The van der Waals surface area contributed by atoms with E-state index >= 15 is 0 Å². The lowest BCUT2D eigenvalue weighted by Crippen LogP contribution is -2.48. The number of nitrogens with zero attached hydrogens (tertiary/aromatic N) is 5. The lowest BCUT2D eigenvalue weighted by atomic mass is 9.99. The van der Waals surface area contributed by atoms with E-state index in [1.165, 1.54) is 0 Å². The van der Waals surface area contributed by atoms with Gasteiger partial charge in [-0.25, -0.2) is 4.98 Å². The van der Waals surface area contributed by atoms with Crippen molar-refractivity contribution in [3.8, 4) is 5.88 Å². The molecular weight excluding hydrogens is 496 g/mol. The van der Waals surface area contributed by atoms with Crippen LogP contribution in [0, 0.1) is 0 Å². The quantitative estimate of drug-likeness (QED) is 0.408. The van der Waals surface area contributed by atoms with Crippen molar-refractivity contribution >= 4 is 27.7 Å². The highest BCUT2D eigenvalue weighted by Gasteiger charge is 2.26. The lowest BCUT2D eigenvalue weighted by Gasteiger charge is -2.35. The molecule has 0 bridgehead atoms. The Bertz CT molecular complexity index is 1560. The molecule has 5 heterocycles. The highest BCUT2D eigenvalue weighted by atomic mass is 16.5. The number of carbonyl (C=O) groups excluding carboxylic acids is 1. The molecule has 2 saturated heterocycles. The summed E-state index contributed by atoms with van der Waals surface area (Å²) in [4.78, 5) is 38.6. The van der Waals surface area contributed by atoms with Crippen molar-refractivity contribution in [2.24, 2.45) is 0 Å². The highest BCUT2D eigenvalue weighted by Crippen LogP contribution is 2.30. The molecule has 10 heteroatoms. The first-order chi connectivity index (χ1) is 19.1. The Balaban J connectivity index is 1.29. The van der Waals surface area contributed by atoms with Crippen LogP contribution < -0.4 is 10.3 Å². The van der Waals surface area contributed by atoms with E-state index in [4.69, 9.17) is 9.47 Å². The average molecular weight is 531 g/mol. The number of hydrogen-bond donors (Lipinski definition) is 1. The minimum atomic E-state index is -0.154. The van der Waals surface area contributed by atoms with Gasteiger partial charge in [0.25, 0.3) is 11.5 Å². The van der Waals surface area contributed by atoms with Crippen molar-refractivity contribution in [3.05, 3.63) is 63.7 Å². The zero-order valence-electron chi connectivity index (χ0n) is 22.5. The van der Waals surface area contributed by atoms with E-state index in [0.717, 1.165) is 60.2 Å². The second-order valence-electron chi connectivity index (χ2n) is 10.3. The molecule has 0 atom stereocenters. The van der Waals surface area contributed by atoms with E-state index in [1.54, 1.807) is 13.3 Å². The van der Waals surface area contributed by atoms with Gasteiger partial charge < -0.3 is 19.4 Å². The van der Waals surface area contributed by atoms with Crippen LogP contribution in [0.2, 0.25) is 0 Å². The number of benzene rings is 1. The third-order valence-electron chi connectivity index (χ3n) is 7.97. The number of methoxy groups -OCH3 is 1. The smallest absolute Gasteiger partial charge is 0.259 e. The van der Waals surface area contributed by atoms with Gasteiger partial charge in [0.1, 0.15) is 0 Å². The molecule has 4 aromatic rings. The van der Waals surface area contributed by atoms with Gasteiger partial charge in [-0.1, -0.05) is 13.0 Å². The summed E-state index contributed by atoms with van der Waals surface area (Å²) >= 11 is 0. The van der Waals surface area contributed by atoms with Gasteiger partial charge in [0.05, 0.1) is 41.5 Å². The van der Waals surface area contributed by atoms with Crippen LogP contribution in [0.1, 0.15) is 47.4 Å². The number of aromatic nitrogens is 4. The number of hydrogen-bond acceptors (Lipinski definition) is 7. The molecule has 0 radical (unpaired) electrons. The maximum Gasteiger partial charge on any atom is 0.259 e. The molecule has 1 aromatic carbocycles. The summed E-state index contributed by atoms with van der Waals surface area (Å²) in [5, 5.41) is 6.03. The van der Waals surface area contributed by atoms with Crippen molar-refractivity contribution in [2.75, 3.05) is 46.5 Å². The number of fused-ring (bicyclic) bond motifs is 3. The first kappa shape index (κ1) is 25.5. The van der Waals surface area contributed by atoms with E-state index in [2.05, 4.69) is 20.0 Å². The average Bonchev–Trinajstić information content (AvgIpc) is 3.43. The molecule has 39 heavy (non-hydrogen) atoms. The number of carbonyl (C=O) groups is 1. The van der Waals surface area contributed by atoms with E-state index < -0.39 is 0 Å². The fourth-order valence-electron chi connectivity index (χ4n) is 5.80. The van der Waals surface area contributed by atoms with E-state index in [0.29, 0.717) is 49.6 Å². The molecule has 2 aliphatic heterocycles. The summed E-state index contributed by atoms with van der Waals surface area (Å²) in [7, 11) is 1.62. The van der Waals surface area contributed by atoms with Gasteiger partial charge in [0.15, 0.2) is 0 Å². The fourth-order valence-corrected chi connectivity index (χ4v) is 5.80. The number of aromatic amines is 1. The molecule has 0 unspecified atom stereocenters. The molecule has 1 amide bonds. The number of nitrogens with one attached hydrogen (secondary N) is 1. The standard InChI is InChI=1S/C29H34N6O4/c1-3-19-15-25-23(27-24(28(36)32-25)17-30-35(27)21-7-13-39-14-8-21)16-22(19)29(37)34-11-9-33(10-12-34)18-20-5-4-6-26(31-20)38-2/h4-6,15-17,21H,3,7-14,18H2,1-2H3,(H,32,36). The second kappa shape index (κ2) is 10.8. The number of amides is 1. The summed E-state index contributed by atoms with van der Waals surface area (Å²) in [6, 6.07) is 9.89. The van der Waals surface area contributed by atoms with Crippen LogP contribution in [0.4, 0.5) is 0 Å². The van der Waals surface area contributed by atoms with Gasteiger partial charge >= 0.3 is 0 Å². The molecule has 10 nitrogen and oxygen atoms in total. The number of pyridine rings is 2. The summed E-state index contributed by atoms with van der Waals surface area (Å²) in [5.41, 5.74) is 3.97. The summed E-state index contributed by atoms with van der Waals surface area (Å²) in [6.07, 6.45) is 4.03. The molecule has 3 aromatic heterocycles. The van der Waals surface area contributed by atoms with Crippen molar-refractivity contribution in [1.82, 2.24) is 29.5 Å². The number of rotatable bonds is 6. The highest BCUT2D eigenvalue weighted by molar-refractivity contribution is 6.07. The number of ether oxygens (including phenoxy) is 2. The van der Waals surface area contributed by atoms with Crippen LogP contribution in [0.5, 0.6) is 5.88 Å². The van der Waals surface area contributed by atoms with E-state index in [9.17, 15) is 9.59 Å². The Kier molecular flexibility index (Phi) is 7.05. The largest absolute Gasteiger partial charge is 0.481 e. The third kappa shape index (κ3) is 4.90. The predicted molar refractivity (Wildman–Crippen MR) is 148 cm³/mol. The fraction of sp³-hybridized carbons (Fsp3) is 0.448. The van der Waals surface area contributed by atoms with E-state index in [-0.39, 0.29) is 17.5 Å². The number of piperazine rings is 1. The molecular formula is C29H34N6O4. The predicted octanol–water partition coefficient (Wildman–Crippen LogP) is 3.15. The van der Waals surface area contributed by atoms with Crippen molar-refractivity contribution in [3.63, 3.8) is 0 Å². The molecule has 204 valence electrons. The molecule has 0 spiro atoms. The molecule has 1 N–H and O–H groups in total. The van der Waals surface area contributed by atoms with Crippen molar-refractivity contribution < 1.29 is 14.3 Å². The maximum absolute atomic E-state index is 13.9. The van der Waals surface area contributed by atoms with Gasteiger partial charge in [0, 0.05) is 63.0 Å². The minimum absolute atomic E-state index is 0.0318. The second-order valence-corrected chi connectivity index (χ2v) is 10.3. The Morgan fingerprint density at radius 2 is 1.92 bits per heavy atom. The number of aryl methyl sites for hydroxylation is 1. The lowest BCUT2D eigenvalue weighted by molar-refractivity contribution is 0.0626. The Labute approximate surface area is 226 Å². The van der Waals surface area contributed by atoms with Crippen LogP contribution in [-0.4, -0.2) is 82.0 Å². The van der Waals surface area contributed by atoms with Gasteiger partial charge in [0.2, 0.25) is 5.88 Å². The molecule has 0 aliphatic carbocycles. The Morgan fingerprint density at radius 3 is 2.67 bits per heavy atom. The first-order valence-corrected chi connectivity index (χ1v) is 13.7. The number of H-pyrrole nitrogens is 1. The zero-order chi connectivity index (χ0) is 26.9. The van der Waals surface area contributed by atoms with Gasteiger partial charge in [-0.3, -0.25) is 19.2 Å². The third-order valence-corrected chi connectivity index (χ3v) is 7.97. The first-order valence-electron chi connectivity index (χ1n) is 13.7. The molecule has 0 saturated carbocycles. The van der Waals surface area contributed by atoms with Crippen molar-refractivity contribution in [1.29, 1.82) is 0 Å². The normalized spacial score (nSPS) is 17.2. The van der Waals surface area contributed by atoms with Gasteiger partial charge in [-0.15, -0.1) is 0 Å². The zero-order valence-corrected chi connectivity index (χ0v) is 22.5. The van der Waals surface area contributed by atoms with Gasteiger partial charge in [-0.05, 0) is 43.0 Å². The summed E-state index contributed by atoms with van der Waals surface area (Å²) < 4.78 is 12.8. The monoisotopic (exact) mass is 530 g/mol. The summed E-state index contributed by atoms with van der Waals surface area (Å²) in [5.74, 6) is 0.641. The Hall–Kier alpha value is -3.76. The molecule has 6 rings (SSSR count). The van der Waals surface area contributed by atoms with Crippen LogP contribution >= 0.6 is 0 Å². The van der Waals surface area contributed by atoms with Crippen molar-refractivity contribution in [2.45, 2.75) is 38.8 Å². The van der Waals surface area contributed by atoms with Crippen LogP contribution in [0.3, 0.4) is 0 Å². The van der Waals surface area contributed by atoms with Gasteiger partial charge in [-0.2, -0.15) is 5.10 Å². The Morgan fingerprint density at radius 1 is 1.13 bits per heavy atom. The summed E-state index contributed by atoms with van der Waals surface area (Å²) in [6.45, 7) is 6.95. The van der Waals surface area contributed by atoms with Crippen LogP contribution in [0.15, 0.2) is 41.3 Å². The van der Waals surface area contributed by atoms with Crippen LogP contribution in [-0.2, 0) is 17.7 Å². The SMILES string of the molecule is CCc1cc2[nH]c(=O)c3cnn(C4CCOCC4)c3c2cc1C(=O)N1CCN(Cc2cccc(OC)n2)CC1.